The van der Waals surface area contributed by atoms with Gasteiger partial charge in [0.1, 0.15) is 0 Å². The van der Waals surface area contributed by atoms with Crippen molar-refractivity contribution < 1.29 is 4.74 Å². The first-order valence-electron chi connectivity index (χ1n) is 7.34. The van der Waals surface area contributed by atoms with Crippen molar-refractivity contribution in [1.82, 2.24) is 9.88 Å². The quantitative estimate of drug-likeness (QED) is 0.897. The number of halogens is 1. The van der Waals surface area contributed by atoms with Crippen molar-refractivity contribution in [2.75, 3.05) is 26.3 Å². The zero-order valence-electron chi connectivity index (χ0n) is 11.8. The lowest BCUT2D eigenvalue weighted by molar-refractivity contribution is 0.0607. The summed E-state index contributed by atoms with van der Waals surface area (Å²) in [6, 6.07) is 3.76. The van der Waals surface area contributed by atoms with Crippen molar-refractivity contribution in [3.63, 3.8) is 0 Å². The number of rotatable bonds is 2. The third-order valence-corrected chi connectivity index (χ3v) is 4.28. The molecule has 0 aromatic carbocycles. The van der Waals surface area contributed by atoms with Crippen LogP contribution in [-0.4, -0.2) is 30.9 Å². The summed E-state index contributed by atoms with van der Waals surface area (Å²) in [5.74, 6) is 0.592. The van der Waals surface area contributed by atoms with Crippen LogP contribution in [0.1, 0.15) is 24.1 Å². The van der Waals surface area contributed by atoms with E-state index in [9.17, 15) is 4.79 Å². The van der Waals surface area contributed by atoms with E-state index in [-0.39, 0.29) is 18.0 Å². The second-order valence-electron chi connectivity index (χ2n) is 5.56. The molecule has 0 bridgehead atoms. The molecule has 0 spiro atoms. The van der Waals surface area contributed by atoms with Crippen LogP contribution in [0.25, 0.3) is 0 Å². The molecule has 5 heteroatoms. The van der Waals surface area contributed by atoms with E-state index in [1.807, 2.05) is 10.6 Å². The fraction of sp³-hybridized carbons (Fsp3) is 0.667. The average Bonchev–Trinajstić information content (AvgIpc) is 2.69. The molecule has 1 fully saturated rings. The highest BCUT2D eigenvalue weighted by molar-refractivity contribution is 5.85. The van der Waals surface area contributed by atoms with Gasteiger partial charge in [-0.15, -0.1) is 12.4 Å². The smallest absolute Gasteiger partial charge is 0.250 e. The summed E-state index contributed by atoms with van der Waals surface area (Å²) in [5, 5.41) is 3.41. The Balaban J connectivity index is 0.00000147. The van der Waals surface area contributed by atoms with Gasteiger partial charge < -0.3 is 14.6 Å². The standard InChI is InChI=1S/C15H22N2O2.ClH/c18-15-2-1-13-3-7-16-8-4-14(13)17(15)11-12-5-9-19-10-6-12;/h1-2,12,16H,3-11H2;1H. The SMILES string of the molecule is Cl.O=c1ccc2c(n1CC1CCOCC1)CCNCC2. The minimum absolute atomic E-state index is 0. The topological polar surface area (TPSA) is 43.3 Å². The molecule has 1 aromatic rings. The van der Waals surface area contributed by atoms with E-state index in [0.717, 1.165) is 58.5 Å². The number of pyridine rings is 1. The van der Waals surface area contributed by atoms with Gasteiger partial charge in [-0.1, -0.05) is 6.07 Å². The van der Waals surface area contributed by atoms with E-state index < -0.39 is 0 Å². The van der Waals surface area contributed by atoms with E-state index >= 15 is 0 Å². The predicted octanol–water partition coefficient (Wildman–Crippen LogP) is 1.38. The monoisotopic (exact) mass is 298 g/mol. The number of aromatic nitrogens is 1. The maximum Gasteiger partial charge on any atom is 0.250 e. The van der Waals surface area contributed by atoms with E-state index in [1.165, 1.54) is 11.3 Å². The normalized spacial score (nSPS) is 19.8. The van der Waals surface area contributed by atoms with Gasteiger partial charge in [0.2, 0.25) is 0 Å². The molecule has 0 radical (unpaired) electrons. The summed E-state index contributed by atoms with van der Waals surface area (Å²) in [5.41, 5.74) is 2.76. The van der Waals surface area contributed by atoms with Gasteiger partial charge in [0, 0.05) is 44.5 Å². The molecule has 0 saturated carbocycles. The summed E-state index contributed by atoms with van der Waals surface area (Å²) in [4.78, 5) is 12.2. The largest absolute Gasteiger partial charge is 0.381 e. The molecule has 0 unspecified atom stereocenters. The summed E-state index contributed by atoms with van der Waals surface area (Å²) < 4.78 is 7.43. The molecule has 0 atom stereocenters. The van der Waals surface area contributed by atoms with E-state index in [2.05, 4.69) is 5.32 Å². The highest BCUT2D eigenvalue weighted by Gasteiger charge is 2.18. The maximum atomic E-state index is 12.2. The van der Waals surface area contributed by atoms with Crippen LogP contribution >= 0.6 is 12.4 Å². The molecule has 4 nitrogen and oxygen atoms in total. The summed E-state index contributed by atoms with van der Waals surface area (Å²) in [6.45, 7) is 4.55. The number of nitrogens with one attached hydrogen (secondary N) is 1. The zero-order valence-corrected chi connectivity index (χ0v) is 12.6. The number of ether oxygens (including phenoxy) is 1. The lowest BCUT2D eigenvalue weighted by Gasteiger charge is -2.24. The minimum atomic E-state index is 0. The van der Waals surface area contributed by atoms with Crippen molar-refractivity contribution >= 4 is 12.4 Å². The van der Waals surface area contributed by atoms with Crippen LogP contribution in [0.15, 0.2) is 16.9 Å². The second-order valence-corrected chi connectivity index (χ2v) is 5.56. The van der Waals surface area contributed by atoms with Crippen LogP contribution in [0.4, 0.5) is 0 Å². The Bertz CT molecular complexity index is 495. The Morgan fingerprint density at radius 2 is 1.95 bits per heavy atom. The van der Waals surface area contributed by atoms with Crippen molar-refractivity contribution in [1.29, 1.82) is 0 Å². The van der Waals surface area contributed by atoms with Crippen LogP contribution in [0.5, 0.6) is 0 Å². The van der Waals surface area contributed by atoms with Gasteiger partial charge in [0.15, 0.2) is 0 Å². The molecular formula is C15H23ClN2O2. The van der Waals surface area contributed by atoms with Gasteiger partial charge in [-0.05, 0) is 37.3 Å². The summed E-state index contributed by atoms with van der Waals surface area (Å²) in [6.07, 6.45) is 4.15. The maximum absolute atomic E-state index is 12.2. The zero-order chi connectivity index (χ0) is 13.1. The van der Waals surface area contributed by atoms with E-state index in [0.29, 0.717) is 5.92 Å². The molecular weight excluding hydrogens is 276 g/mol. The Kier molecular flexibility index (Phi) is 5.64. The molecule has 1 saturated heterocycles. The predicted molar refractivity (Wildman–Crippen MR) is 81.8 cm³/mol. The highest BCUT2D eigenvalue weighted by atomic mass is 35.5. The first-order valence-corrected chi connectivity index (χ1v) is 7.34. The Morgan fingerprint density at radius 3 is 2.75 bits per heavy atom. The van der Waals surface area contributed by atoms with Crippen LogP contribution in [0.3, 0.4) is 0 Å². The van der Waals surface area contributed by atoms with Gasteiger partial charge in [-0.2, -0.15) is 0 Å². The van der Waals surface area contributed by atoms with Crippen LogP contribution in [0, 0.1) is 5.92 Å². The van der Waals surface area contributed by atoms with Crippen molar-refractivity contribution in [3.8, 4) is 0 Å². The van der Waals surface area contributed by atoms with Gasteiger partial charge in [0.25, 0.3) is 5.56 Å². The number of hydrogen-bond acceptors (Lipinski definition) is 3. The van der Waals surface area contributed by atoms with Gasteiger partial charge in [-0.3, -0.25) is 4.79 Å². The second kappa shape index (κ2) is 7.25. The molecule has 3 heterocycles. The molecule has 1 aromatic heterocycles. The fourth-order valence-electron chi connectivity index (χ4n) is 3.13. The summed E-state index contributed by atoms with van der Waals surface area (Å²) in [7, 11) is 0. The molecule has 0 amide bonds. The first kappa shape index (κ1) is 15.5. The lowest BCUT2D eigenvalue weighted by Crippen LogP contribution is -2.30. The lowest BCUT2D eigenvalue weighted by atomic mass is 9.99. The Hall–Kier alpha value is -0.840. The van der Waals surface area contributed by atoms with Gasteiger partial charge in [-0.25, -0.2) is 0 Å². The van der Waals surface area contributed by atoms with Crippen LogP contribution < -0.4 is 10.9 Å². The Labute approximate surface area is 125 Å². The summed E-state index contributed by atoms with van der Waals surface area (Å²) >= 11 is 0. The molecule has 20 heavy (non-hydrogen) atoms. The minimum Gasteiger partial charge on any atom is -0.381 e. The molecule has 0 aliphatic carbocycles. The molecule has 2 aliphatic rings. The van der Waals surface area contributed by atoms with E-state index in [1.54, 1.807) is 6.07 Å². The third-order valence-electron chi connectivity index (χ3n) is 4.28. The van der Waals surface area contributed by atoms with Crippen molar-refractivity contribution in [3.05, 3.63) is 33.7 Å². The van der Waals surface area contributed by atoms with Gasteiger partial charge >= 0.3 is 0 Å². The molecule has 1 N–H and O–H groups in total. The van der Waals surface area contributed by atoms with E-state index in [4.69, 9.17) is 4.74 Å². The van der Waals surface area contributed by atoms with Crippen LogP contribution in [-0.2, 0) is 24.1 Å². The third kappa shape index (κ3) is 3.43. The van der Waals surface area contributed by atoms with Crippen LogP contribution in [0.2, 0.25) is 0 Å². The Morgan fingerprint density at radius 1 is 1.20 bits per heavy atom. The molecule has 3 rings (SSSR count). The number of fused-ring (bicyclic) bond motifs is 1. The van der Waals surface area contributed by atoms with Gasteiger partial charge in [0.05, 0.1) is 0 Å². The van der Waals surface area contributed by atoms with Crippen molar-refractivity contribution in [2.24, 2.45) is 5.92 Å². The molecule has 112 valence electrons. The molecule has 2 aliphatic heterocycles. The average molecular weight is 299 g/mol. The van der Waals surface area contributed by atoms with Crippen molar-refractivity contribution in [2.45, 2.75) is 32.2 Å². The first-order chi connectivity index (χ1) is 9.34. The number of nitrogens with zero attached hydrogens (tertiary/aromatic N) is 1. The number of hydrogen-bond donors (Lipinski definition) is 1. The highest BCUT2D eigenvalue weighted by Crippen LogP contribution is 2.19. The fourth-order valence-corrected chi connectivity index (χ4v) is 3.13.